The normalized spacial score (nSPS) is 21.4. The second kappa shape index (κ2) is 5.85. The fourth-order valence-electron chi connectivity index (χ4n) is 2.85. The monoisotopic (exact) mass is 251 g/mol. The maximum atomic E-state index is 5.64. The van der Waals surface area contributed by atoms with Crippen molar-refractivity contribution in [2.75, 3.05) is 13.2 Å². The number of ether oxygens (including phenoxy) is 1. The van der Waals surface area contributed by atoms with E-state index in [2.05, 4.69) is 31.2 Å². The summed E-state index contributed by atoms with van der Waals surface area (Å²) in [6.45, 7) is 8.39. The summed E-state index contributed by atoms with van der Waals surface area (Å²) in [7, 11) is 2.00. The lowest BCUT2D eigenvalue weighted by atomic mass is 10.1. The van der Waals surface area contributed by atoms with Crippen LogP contribution >= 0.6 is 0 Å². The molecular formula is C14H25N3O. The van der Waals surface area contributed by atoms with Crippen LogP contribution < -0.4 is 5.32 Å². The van der Waals surface area contributed by atoms with E-state index in [4.69, 9.17) is 4.74 Å². The predicted octanol–water partition coefficient (Wildman–Crippen LogP) is 2.26. The van der Waals surface area contributed by atoms with Crippen molar-refractivity contribution in [3.63, 3.8) is 0 Å². The highest BCUT2D eigenvalue weighted by molar-refractivity contribution is 5.27. The molecule has 2 rings (SSSR count). The van der Waals surface area contributed by atoms with Crippen molar-refractivity contribution in [1.29, 1.82) is 0 Å². The molecule has 1 aromatic heterocycles. The van der Waals surface area contributed by atoms with Crippen LogP contribution in [0.3, 0.4) is 0 Å². The first-order valence-corrected chi connectivity index (χ1v) is 6.94. The Morgan fingerprint density at radius 1 is 1.50 bits per heavy atom. The van der Waals surface area contributed by atoms with Gasteiger partial charge in [0.2, 0.25) is 0 Å². The number of hydrogen-bond donors (Lipinski definition) is 1. The van der Waals surface area contributed by atoms with Gasteiger partial charge in [-0.2, -0.15) is 5.10 Å². The molecule has 1 N–H and O–H groups in total. The summed E-state index contributed by atoms with van der Waals surface area (Å²) in [5.74, 6) is 0. The van der Waals surface area contributed by atoms with Gasteiger partial charge in [-0.05, 0) is 46.6 Å². The van der Waals surface area contributed by atoms with E-state index in [9.17, 15) is 0 Å². The number of hydrogen-bond acceptors (Lipinski definition) is 3. The Hall–Kier alpha value is -0.870. The Balaban J connectivity index is 1.85. The molecule has 0 saturated carbocycles. The Morgan fingerprint density at radius 3 is 2.83 bits per heavy atom. The molecule has 4 heteroatoms. The van der Waals surface area contributed by atoms with E-state index < -0.39 is 0 Å². The lowest BCUT2D eigenvalue weighted by Gasteiger charge is -2.16. The van der Waals surface area contributed by atoms with Gasteiger partial charge in [0.25, 0.3) is 0 Å². The van der Waals surface area contributed by atoms with Gasteiger partial charge in [0.05, 0.1) is 11.8 Å². The summed E-state index contributed by atoms with van der Waals surface area (Å²) in [6.07, 6.45) is 4.03. The Morgan fingerprint density at radius 2 is 2.28 bits per heavy atom. The first-order valence-electron chi connectivity index (χ1n) is 6.94. The first kappa shape index (κ1) is 13.6. The van der Waals surface area contributed by atoms with Crippen molar-refractivity contribution in [2.24, 2.45) is 7.05 Å². The second-order valence-corrected chi connectivity index (χ2v) is 5.31. The SMILES string of the molecule is Cc1nn(C)c(C)c1C(C)NCCC1CCCO1. The van der Waals surface area contributed by atoms with E-state index in [-0.39, 0.29) is 0 Å². The zero-order chi connectivity index (χ0) is 13.1. The smallest absolute Gasteiger partial charge is 0.0644 e. The van der Waals surface area contributed by atoms with Crippen LogP contribution in [0, 0.1) is 13.8 Å². The molecule has 0 spiro atoms. The van der Waals surface area contributed by atoms with Gasteiger partial charge in [-0.3, -0.25) is 4.68 Å². The third-order valence-electron chi connectivity index (χ3n) is 3.94. The summed E-state index contributed by atoms with van der Waals surface area (Å²) in [5.41, 5.74) is 3.72. The van der Waals surface area contributed by atoms with Crippen LogP contribution in [-0.4, -0.2) is 29.0 Å². The average Bonchev–Trinajstić information content (AvgIpc) is 2.89. The van der Waals surface area contributed by atoms with Crippen LogP contribution in [-0.2, 0) is 11.8 Å². The Bertz CT molecular complexity index is 394. The molecule has 1 aliphatic rings. The maximum Gasteiger partial charge on any atom is 0.0644 e. The zero-order valence-electron chi connectivity index (χ0n) is 12.0. The van der Waals surface area contributed by atoms with Gasteiger partial charge in [-0.15, -0.1) is 0 Å². The quantitative estimate of drug-likeness (QED) is 0.872. The van der Waals surface area contributed by atoms with Crippen LogP contribution in [0.4, 0.5) is 0 Å². The molecule has 1 fully saturated rings. The number of aromatic nitrogens is 2. The molecule has 2 heterocycles. The third kappa shape index (κ3) is 2.93. The second-order valence-electron chi connectivity index (χ2n) is 5.31. The van der Waals surface area contributed by atoms with Crippen LogP contribution in [0.5, 0.6) is 0 Å². The molecule has 102 valence electrons. The van der Waals surface area contributed by atoms with Crippen LogP contribution in [0.1, 0.15) is 49.2 Å². The van der Waals surface area contributed by atoms with E-state index in [0.29, 0.717) is 12.1 Å². The number of aryl methyl sites for hydroxylation is 2. The molecule has 1 saturated heterocycles. The van der Waals surface area contributed by atoms with Crippen molar-refractivity contribution < 1.29 is 4.74 Å². The van der Waals surface area contributed by atoms with Crippen LogP contribution in [0.2, 0.25) is 0 Å². The highest BCUT2D eigenvalue weighted by atomic mass is 16.5. The topological polar surface area (TPSA) is 39.1 Å². The summed E-state index contributed by atoms with van der Waals surface area (Å²) < 4.78 is 7.60. The fourth-order valence-corrected chi connectivity index (χ4v) is 2.85. The van der Waals surface area contributed by atoms with E-state index in [1.165, 1.54) is 24.1 Å². The van der Waals surface area contributed by atoms with Crippen molar-refractivity contribution in [2.45, 2.75) is 52.2 Å². The lowest BCUT2D eigenvalue weighted by molar-refractivity contribution is 0.103. The molecule has 0 radical (unpaired) electrons. The van der Waals surface area contributed by atoms with E-state index in [0.717, 1.165) is 25.3 Å². The largest absolute Gasteiger partial charge is 0.378 e. The van der Waals surface area contributed by atoms with Crippen LogP contribution in [0.15, 0.2) is 0 Å². The standard InChI is InChI=1S/C14H25N3O/c1-10(14-11(2)16-17(4)12(14)3)15-8-7-13-6-5-9-18-13/h10,13,15H,5-9H2,1-4H3. The molecule has 0 aromatic carbocycles. The zero-order valence-corrected chi connectivity index (χ0v) is 12.0. The highest BCUT2D eigenvalue weighted by Crippen LogP contribution is 2.21. The van der Waals surface area contributed by atoms with Crippen molar-refractivity contribution in [3.8, 4) is 0 Å². The molecule has 0 bridgehead atoms. The number of nitrogens with one attached hydrogen (secondary N) is 1. The van der Waals surface area contributed by atoms with Gasteiger partial charge in [-0.1, -0.05) is 0 Å². The van der Waals surface area contributed by atoms with Crippen LogP contribution in [0.25, 0.3) is 0 Å². The van der Waals surface area contributed by atoms with Crippen molar-refractivity contribution >= 4 is 0 Å². The van der Waals surface area contributed by atoms with E-state index >= 15 is 0 Å². The molecule has 2 atom stereocenters. The lowest BCUT2D eigenvalue weighted by Crippen LogP contribution is -2.24. The molecule has 0 aliphatic carbocycles. The van der Waals surface area contributed by atoms with Gasteiger partial charge in [0.15, 0.2) is 0 Å². The maximum absolute atomic E-state index is 5.64. The van der Waals surface area contributed by atoms with E-state index in [1.54, 1.807) is 0 Å². The molecule has 2 unspecified atom stereocenters. The van der Waals surface area contributed by atoms with Gasteiger partial charge in [-0.25, -0.2) is 0 Å². The summed E-state index contributed by atoms with van der Waals surface area (Å²) in [5, 5.41) is 8.06. The Kier molecular flexibility index (Phi) is 4.40. The molecular weight excluding hydrogens is 226 g/mol. The minimum absolute atomic E-state index is 0.361. The predicted molar refractivity (Wildman–Crippen MR) is 72.7 cm³/mol. The average molecular weight is 251 g/mol. The van der Waals surface area contributed by atoms with Crippen molar-refractivity contribution in [1.82, 2.24) is 15.1 Å². The van der Waals surface area contributed by atoms with Gasteiger partial charge < -0.3 is 10.1 Å². The molecule has 1 aromatic rings. The summed E-state index contributed by atoms with van der Waals surface area (Å²) in [4.78, 5) is 0. The first-order chi connectivity index (χ1) is 8.59. The minimum atomic E-state index is 0.361. The fraction of sp³-hybridized carbons (Fsp3) is 0.786. The minimum Gasteiger partial charge on any atom is -0.378 e. The van der Waals surface area contributed by atoms with E-state index in [1.807, 2.05) is 11.7 Å². The van der Waals surface area contributed by atoms with Crippen molar-refractivity contribution in [3.05, 3.63) is 17.0 Å². The van der Waals surface area contributed by atoms with Gasteiger partial charge in [0.1, 0.15) is 0 Å². The summed E-state index contributed by atoms with van der Waals surface area (Å²) >= 11 is 0. The molecule has 18 heavy (non-hydrogen) atoms. The molecule has 4 nitrogen and oxygen atoms in total. The number of rotatable bonds is 5. The number of nitrogens with zero attached hydrogens (tertiary/aromatic N) is 2. The summed E-state index contributed by atoms with van der Waals surface area (Å²) in [6, 6.07) is 0.361. The Labute approximate surface area is 110 Å². The van der Waals surface area contributed by atoms with Gasteiger partial charge in [0, 0.05) is 31.0 Å². The van der Waals surface area contributed by atoms with Gasteiger partial charge >= 0.3 is 0 Å². The third-order valence-corrected chi connectivity index (χ3v) is 3.94. The highest BCUT2D eigenvalue weighted by Gasteiger charge is 2.18. The molecule has 0 amide bonds. The molecule has 1 aliphatic heterocycles.